The van der Waals surface area contributed by atoms with Crippen LogP contribution in [0.1, 0.15) is 24.7 Å². The second kappa shape index (κ2) is 3.43. The Labute approximate surface area is 75.9 Å². The van der Waals surface area contributed by atoms with Crippen molar-refractivity contribution in [3.8, 4) is 0 Å². The van der Waals surface area contributed by atoms with Crippen molar-refractivity contribution in [2.24, 2.45) is 0 Å². The van der Waals surface area contributed by atoms with E-state index in [2.05, 4.69) is 15.2 Å². The van der Waals surface area contributed by atoms with Crippen LogP contribution in [0.3, 0.4) is 0 Å². The molecule has 13 heavy (non-hydrogen) atoms. The van der Waals surface area contributed by atoms with E-state index >= 15 is 0 Å². The quantitative estimate of drug-likeness (QED) is 0.687. The van der Waals surface area contributed by atoms with Crippen LogP contribution < -0.4 is 0 Å². The van der Waals surface area contributed by atoms with Gasteiger partial charge in [0.15, 0.2) is 15.7 Å². The SMILES string of the molecule is CC(O)c1n[nH]c(CS(C)(=O)=O)n1. The first-order valence-corrected chi connectivity index (χ1v) is 5.71. The predicted octanol–water partition coefficient (Wildman–Crippen LogP) is -0.597. The summed E-state index contributed by atoms with van der Waals surface area (Å²) < 4.78 is 21.7. The third-order valence-electron chi connectivity index (χ3n) is 1.32. The summed E-state index contributed by atoms with van der Waals surface area (Å²) in [4.78, 5) is 3.80. The number of aromatic nitrogens is 3. The van der Waals surface area contributed by atoms with Gasteiger partial charge in [-0.2, -0.15) is 5.10 Å². The van der Waals surface area contributed by atoms with Crippen molar-refractivity contribution in [1.29, 1.82) is 0 Å². The highest BCUT2D eigenvalue weighted by atomic mass is 32.2. The van der Waals surface area contributed by atoms with E-state index in [1.54, 1.807) is 0 Å². The molecule has 1 unspecified atom stereocenters. The molecule has 0 spiro atoms. The minimum atomic E-state index is -3.10. The van der Waals surface area contributed by atoms with Crippen molar-refractivity contribution in [1.82, 2.24) is 15.2 Å². The summed E-state index contributed by atoms with van der Waals surface area (Å²) in [6.45, 7) is 1.51. The predicted molar refractivity (Wildman–Crippen MR) is 45.6 cm³/mol. The molecule has 0 saturated carbocycles. The lowest BCUT2D eigenvalue weighted by atomic mass is 10.4. The summed E-state index contributed by atoms with van der Waals surface area (Å²) in [7, 11) is -3.10. The number of aliphatic hydroxyl groups is 1. The van der Waals surface area contributed by atoms with Gasteiger partial charge >= 0.3 is 0 Å². The Morgan fingerprint density at radius 1 is 1.62 bits per heavy atom. The Balaban J connectivity index is 2.81. The van der Waals surface area contributed by atoms with E-state index in [-0.39, 0.29) is 17.4 Å². The maximum absolute atomic E-state index is 10.8. The van der Waals surface area contributed by atoms with Crippen LogP contribution in [0.25, 0.3) is 0 Å². The van der Waals surface area contributed by atoms with Crippen LogP contribution in [0.5, 0.6) is 0 Å². The number of hydrogen-bond acceptors (Lipinski definition) is 5. The van der Waals surface area contributed by atoms with Crippen molar-refractivity contribution in [3.05, 3.63) is 11.6 Å². The second-order valence-corrected chi connectivity index (χ2v) is 5.03. The molecule has 74 valence electrons. The summed E-state index contributed by atoms with van der Waals surface area (Å²) in [6, 6.07) is 0. The molecule has 0 aliphatic heterocycles. The molecule has 1 rings (SSSR count). The van der Waals surface area contributed by atoms with Crippen molar-refractivity contribution in [2.45, 2.75) is 18.8 Å². The Morgan fingerprint density at radius 3 is 2.62 bits per heavy atom. The van der Waals surface area contributed by atoms with Gasteiger partial charge in [-0.3, -0.25) is 5.10 Å². The van der Waals surface area contributed by atoms with Gasteiger partial charge in [-0.05, 0) is 6.92 Å². The van der Waals surface area contributed by atoms with Gasteiger partial charge in [0.05, 0.1) is 0 Å². The molecule has 0 aromatic carbocycles. The van der Waals surface area contributed by atoms with Crippen LogP contribution in [-0.4, -0.2) is 35.0 Å². The maximum atomic E-state index is 10.8. The number of aromatic amines is 1. The Bertz CT molecular complexity index is 382. The molecule has 0 bridgehead atoms. The molecule has 7 heteroatoms. The van der Waals surface area contributed by atoms with Crippen molar-refractivity contribution in [2.75, 3.05) is 6.26 Å². The van der Waals surface area contributed by atoms with Crippen molar-refractivity contribution in [3.63, 3.8) is 0 Å². The van der Waals surface area contributed by atoms with Crippen LogP contribution in [0.2, 0.25) is 0 Å². The number of sulfone groups is 1. The molecule has 1 heterocycles. The van der Waals surface area contributed by atoms with Crippen LogP contribution >= 0.6 is 0 Å². The van der Waals surface area contributed by atoms with Gasteiger partial charge < -0.3 is 5.11 Å². The van der Waals surface area contributed by atoms with E-state index in [9.17, 15) is 8.42 Å². The lowest BCUT2D eigenvalue weighted by molar-refractivity contribution is 0.189. The third kappa shape index (κ3) is 3.11. The Kier molecular flexibility index (Phi) is 2.67. The zero-order valence-electron chi connectivity index (χ0n) is 7.35. The summed E-state index contributed by atoms with van der Waals surface area (Å²) in [5.74, 6) is 0.268. The topological polar surface area (TPSA) is 95.9 Å². The molecule has 1 aromatic rings. The molecular weight excluding hydrogens is 194 g/mol. The zero-order valence-corrected chi connectivity index (χ0v) is 8.17. The highest BCUT2D eigenvalue weighted by molar-refractivity contribution is 7.89. The van der Waals surface area contributed by atoms with Crippen LogP contribution in [0, 0.1) is 0 Å². The molecule has 0 saturated heterocycles. The van der Waals surface area contributed by atoms with Crippen molar-refractivity contribution < 1.29 is 13.5 Å². The summed E-state index contributed by atoms with van der Waals surface area (Å²) in [5, 5.41) is 15.1. The average Bonchev–Trinajstić information content (AvgIpc) is 2.31. The molecular formula is C6H11N3O3S. The second-order valence-electron chi connectivity index (χ2n) is 2.89. The maximum Gasteiger partial charge on any atom is 0.178 e. The number of aliphatic hydroxyl groups excluding tert-OH is 1. The monoisotopic (exact) mass is 205 g/mol. The van der Waals surface area contributed by atoms with E-state index in [0.717, 1.165) is 6.26 Å². The Hall–Kier alpha value is -0.950. The molecule has 0 aliphatic carbocycles. The minimum Gasteiger partial charge on any atom is -0.385 e. The number of H-pyrrole nitrogens is 1. The standard InChI is InChI=1S/C6H11N3O3S/c1-4(10)6-7-5(8-9-6)3-13(2,11)12/h4,10H,3H2,1-2H3,(H,7,8,9). The first-order valence-electron chi connectivity index (χ1n) is 3.65. The van der Waals surface area contributed by atoms with E-state index in [1.807, 2.05) is 0 Å². The first kappa shape index (κ1) is 10.1. The van der Waals surface area contributed by atoms with Crippen LogP contribution in [0.15, 0.2) is 0 Å². The van der Waals surface area contributed by atoms with Gasteiger partial charge in [0.2, 0.25) is 0 Å². The summed E-state index contributed by atoms with van der Waals surface area (Å²) >= 11 is 0. The molecule has 1 aromatic heterocycles. The van der Waals surface area contributed by atoms with E-state index in [1.165, 1.54) is 6.92 Å². The fourth-order valence-corrected chi connectivity index (χ4v) is 1.44. The lowest BCUT2D eigenvalue weighted by Crippen LogP contribution is -2.02. The summed E-state index contributed by atoms with van der Waals surface area (Å²) in [5.41, 5.74) is 0. The van der Waals surface area contributed by atoms with Gasteiger partial charge in [-0.15, -0.1) is 0 Å². The zero-order chi connectivity index (χ0) is 10.1. The highest BCUT2D eigenvalue weighted by Gasteiger charge is 2.11. The fraction of sp³-hybridized carbons (Fsp3) is 0.667. The highest BCUT2D eigenvalue weighted by Crippen LogP contribution is 2.06. The molecule has 0 aliphatic rings. The number of nitrogens with one attached hydrogen (secondary N) is 1. The van der Waals surface area contributed by atoms with E-state index in [4.69, 9.17) is 5.11 Å². The van der Waals surface area contributed by atoms with Gasteiger partial charge in [-0.1, -0.05) is 0 Å². The molecule has 6 nitrogen and oxygen atoms in total. The normalized spacial score (nSPS) is 14.4. The van der Waals surface area contributed by atoms with Gasteiger partial charge in [0, 0.05) is 6.26 Å². The molecule has 1 atom stereocenters. The number of rotatable bonds is 3. The Morgan fingerprint density at radius 2 is 2.23 bits per heavy atom. The fourth-order valence-electron chi connectivity index (χ4n) is 0.810. The molecule has 0 fully saturated rings. The number of hydrogen-bond donors (Lipinski definition) is 2. The van der Waals surface area contributed by atoms with E-state index in [0.29, 0.717) is 0 Å². The van der Waals surface area contributed by atoms with Crippen molar-refractivity contribution >= 4 is 9.84 Å². The average molecular weight is 205 g/mol. The molecule has 2 N–H and O–H groups in total. The largest absolute Gasteiger partial charge is 0.385 e. The third-order valence-corrected chi connectivity index (χ3v) is 2.12. The molecule has 0 radical (unpaired) electrons. The number of nitrogens with zero attached hydrogens (tertiary/aromatic N) is 2. The lowest BCUT2D eigenvalue weighted by Gasteiger charge is -1.93. The van der Waals surface area contributed by atoms with Gasteiger partial charge in [-0.25, -0.2) is 13.4 Å². The van der Waals surface area contributed by atoms with Crippen LogP contribution in [0.4, 0.5) is 0 Å². The smallest absolute Gasteiger partial charge is 0.178 e. The summed E-state index contributed by atoms with van der Waals surface area (Å²) in [6.07, 6.45) is 0.321. The van der Waals surface area contributed by atoms with Gasteiger partial charge in [0.25, 0.3) is 0 Å². The first-order chi connectivity index (χ1) is 5.88. The molecule has 0 amide bonds. The minimum absolute atomic E-state index is 0.188. The van der Waals surface area contributed by atoms with Gasteiger partial charge in [0.1, 0.15) is 17.7 Å². The van der Waals surface area contributed by atoms with Crippen LogP contribution in [-0.2, 0) is 15.6 Å². The van der Waals surface area contributed by atoms with E-state index < -0.39 is 15.9 Å².